The number of benzene rings is 1. The van der Waals surface area contributed by atoms with Gasteiger partial charge in [-0.15, -0.1) is 0 Å². The number of hydrogen-bond donors (Lipinski definition) is 0. The highest BCUT2D eigenvalue weighted by atomic mass is 79.9. The zero-order valence-electron chi connectivity index (χ0n) is 8.06. The van der Waals surface area contributed by atoms with E-state index in [0.29, 0.717) is 29.0 Å². The summed E-state index contributed by atoms with van der Waals surface area (Å²) in [6, 6.07) is 0. The van der Waals surface area contributed by atoms with Gasteiger partial charge in [0.15, 0.2) is 0 Å². The topological polar surface area (TPSA) is 37.4 Å². The fraction of sp³-hybridized carbons (Fsp3) is 0. The lowest BCUT2D eigenvalue weighted by Gasteiger charge is -2.07. The molecular formula is C10H3Br4NO2. The summed E-state index contributed by atoms with van der Waals surface area (Å²) in [5.74, 6) is -0.776. The minimum atomic E-state index is -0.388. The monoisotopic (exact) mass is 485 g/mol. The van der Waals surface area contributed by atoms with Gasteiger partial charge < -0.3 is 0 Å². The first kappa shape index (κ1) is 13.5. The molecule has 0 aromatic heterocycles. The summed E-state index contributed by atoms with van der Waals surface area (Å²) in [6.45, 7) is 3.46. The predicted molar refractivity (Wildman–Crippen MR) is 77.9 cm³/mol. The number of amides is 2. The Labute approximate surface area is 131 Å². The van der Waals surface area contributed by atoms with Crippen molar-refractivity contribution in [2.45, 2.75) is 0 Å². The van der Waals surface area contributed by atoms with E-state index in [1.165, 1.54) is 6.20 Å². The molecule has 0 unspecified atom stereocenters. The molecule has 7 heteroatoms. The Balaban J connectivity index is 2.88. The summed E-state index contributed by atoms with van der Waals surface area (Å²) in [4.78, 5) is 25.0. The molecule has 3 nitrogen and oxygen atoms in total. The van der Waals surface area contributed by atoms with Crippen LogP contribution in [-0.4, -0.2) is 16.7 Å². The molecule has 1 aromatic rings. The van der Waals surface area contributed by atoms with Gasteiger partial charge in [-0.3, -0.25) is 9.59 Å². The number of hydrogen-bond acceptors (Lipinski definition) is 2. The van der Waals surface area contributed by atoms with Gasteiger partial charge >= 0.3 is 0 Å². The highest BCUT2D eigenvalue weighted by Gasteiger charge is 2.39. The zero-order chi connectivity index (χ0) is 12.9. The Morgan fingerprint density at radius 3 is 1.47 bits per heavy atom. The molecule has 88 valence electrons. The van der Waals surface area contributed by atoms with Crippen molar-refractivity contribution >= 4 is 75.5 Å². The first-order chi connectivity index (χ1) is 7.91. The maximum Gasteiger partial charge on any atom is 0.266 e. The van der Waals surface area contributed by atoms with E-state index in [4.69, 9.17) is 0 Å². The Kier molecular flexibility index (Phi) is 3.64. The summed E-state index contributed by atoms with van der Waals surface area (Å²) >= 11 is 13.3. The number of rotatable bonds is 1. The molecule has 0 bridgehead atoms. The van der Waals surface area contributed by atoms with Gasteiger partial charge in [0.1, 0.15) is 0 Å². The van der Waals surface area contributed by atoms with Crippen molar-refractivity contribution in [2.75, 3.05) is 0 Å². The van der Waals surface area contributed by atoms with Crippen molar-refractivity contribution in [1.82, 2.24) is 4.90 Å². The van der Waals surface area contributed by atoms with E-state index in [1.807, 2.05) is 0 Å². The van der Waals surface area contributed by atoms with E-state index in [-0.39, 0.29) is 11.8 Å². The van der Waals surface area contributed by atoms with Crippen molar-refractivity contribution in [3.05, 3.63) is 41.8 Å². The molecule has 0 fully saturated rings. The molecule has 2 amide bonds. The molecule has 0 saturated carbocycles. The number of halogens is 4. The van der Waals surface area contributed by atoms with Crippen molar-refractivity contribution < 1.29 is 9.59 Å². The van der Waals surface area contributed by atoms with Gasteiger partial charge in [0.25, 0.3) is 11.8 Å². The molecule has 0 atom stereocenters. The van der Waals surface area contributed by atoms with Gasteiger partial charge in [-0.05, 0) is 63.7 Å². The normalized spacial score (nSPS) is 14.2. The van der Waals surface area contributed by atoms with Crippen molar-refractivity contribution in [2.24, 2.45) is 0 Å². The third-order valence-electron chi connectivity index (χ3n) is 2.32. The summed E-state index contributed by atoms with van der Waals surface area (Å²) < 4.78 is 2.45. The summed E-state index contributed by atoms with van der Waals surface area (Å²) in [6.07, 6.45) is 1.21. The average Bonchev–Trinajstić information content (AvgIpc) is 2.55. The van der Waals surface area contributed by atoms with Gasteiger partial charge in [-0.2, -0.15) is 0 Å². The van der Waals surface area contributed by atoms with E-state index in [1.54, 1.807) is 0 Å². The van der Waals surface area contributed by atoms with Gasteiger partial charge in [-0.1, -0.05) is 6.58 Å². The molecule has 0 aliphatic carbocycles. The smallest absolute Gasteiger partial charge is 0.266 e. The third kappa shape index (κ3) is 1.78. The van der Waals surface area contributed by atoms with Gasteiger partial charge in [0, 0.05) is 24.1 Å². The van der Waals surface area contributed by atoms with Gasteiger partial charge in [0.2, 0.25) is 0 Å². The Morgan fingerprint density at radius 2 is 1.18 bits per heavy atom. The second kappa shape index (κ2) is 4.60. The minimum absolute atomic E-state index is 0.330. The standard InChI is InChI=1S/C10H3Br4NO2/c1-2-15-9(16)3-4(10(15)17)6(12)8(14)7(13)5(3)11/h2H,1H2. The summed E-state index contributed by atoms with van der Waals surface area (Å²) in [7, 11) is 0. The summed E-state index contributed by atoms with van der Waals surface area (Å²) in [5, 5.41) is 0. The number of carbonyl (C=O) groups is 2. The SMILES string of the molecule is C=CN1C(=O)c2c(Br)c(Br)c(Br)c(Br)c2C1=O. The Bertz CT molecular complexity index is 535. The number of nitrogens with zero attached hydrogens (tertiary/aromatic N) is 1. The first-order valence-electron chi connectivity index (χ1n) is 4.28. The Hall–Kier alpha value is 0.0200. The lowest BCUT2D eigenvalue weighted by Crippen LogP contribution is -2.23. The largest absolute Gasteiger partial charge is 0.268 e. The third-order valence-corrected chi connectivity index (χ3v) is 7.08. The van der Waals surface area contributed by atoms with Crippen molar-refractivity contribution in [1.29, 1.82) is 0 Å². The first-order valence-corrected chi connectivity index (χ1v) is 7.45. The molecule has 1 aliphatic rings. The van der Waals surface area contributed by atoms with Crippen LogP contribution in [0.3, 0.4) is 0 Å². The fourth-order valence-electron chi connectivity index (χ4n) is 1.53. The predicted octanol–water partition coefficient (Wildman–Crippen LogP) is 4.48. The zero-order valence-corrected chi connectivity index (χ0v) is 14.4. The van der Waals surface area contributed by atoms with Crippen LogP contribution < -0.4 is 0 Å². The molecule has 17 heavy (non-hydrogen) atoms. The quantitative estimate of drug-likeness (QED) is 0.332. The van der Waals surface area contributed by atoms with Crippen LogP contribution in [0.25, 0.3) is 0 Å². The Morgan fingerprint density at radius 1 is 0.824 bits per heavy atom. The lowest BCUT2D eigenvalue weighted by molar-refractivity contribution is 0.0721. The molecular weight excluding hydrogens is 486 g/mol. The van der Waals surface area contributed by atoms with Crippen LogP contribution >= 0.6 is 63.7 Å². The van der Waals surface area contributed by atoms with Crippen LogP contribution in [-0.2, 0) is 0 Å². The fourth-order valence-corrected chi connectivity index (χ4v) is 3.99. The second-order valence-corrected chi connectivity index (χ2v) is 6.34. The molecule has 2 rings (SSSR count). The molecule has 0 radical (unpaired) electrons. The molecule has 1 aliphatic heterocycles. The van der Waals surface area contributed by atoms with E-state index in [9.17, 15) is 9.59 Å². The van der Waals surface area contributed by atoms with Gasteiger partial charge in [0.05, 0.1) is 11.1 Å². The van der Waals surface area contributed by atoms with Crippen molar-refractivity contribution in [3.63, 3.8) is 0 Å². The van der Waals surface area contributed by atoms with E-state index >= 15 is 0 Å². The molecule has 1 heterocycles. The molecule has 0 saturated heterocycles. The maximum atomic E-state index is 12.0. The molecule has 0 spiro atoms. The van der Waals surface area contributed by atoms with Crippen LogP contribution in [0.2, 0.25) is 0 Å². The van der Waals surface area contributed by atoms with Crippen LogP contribution in [0.1, 0.15) is 20.7 Å². The number of carbonyl (C=O) groups excluding carboxylic acids is 2. The summed E-state index contributed by atoms with van der Waals surface area (Å²) in [5.41, 5.74) is 0.661. The van der Waals surface area contributed by atoms with Crippen LogP contribution in [0.4, 0.5) is 0 Å². The van der Waals surface area contributed by atoms with E-state index < -0.39 is 0 Å². The maximum absolute atomic E-state index is 12.0. The van der Waals surface area contributed by atoms with Crippen LogP contribution in [0.15, 0.2) is 30.7 Å². The molecule has 0 N–H and O–H groups in total. The molecule has 1 aromatic carbocycles. The van der Waals surface area contributed by atoms with E-state index in [0.717, 1.165) is 4.90 Å². The lowest BCUT2D eigenvalue weighted by atomic mass is 10.1. The minimum Gasteiger partial charge on any atom is -0.268 e. The van der Waals surface area contributed by atoms with E-state index in [2.05, 4.69) is 70.3 Å². The van der Waals surface area contributed by atoms with Crippen LogP contribution in [0, 0.1) is 0 Å². The number of imide groups is 1. The highest BCUT2D eigenvalue weighted by Crippen LogP contribution is 2.45. The highest BCUT2D eigenvalue weighted by molar-refractivity contribution is 9.15. The second-order valence-electron chi connectivity index (χ2n) is 3.17. The number of fused-ring (bicyclic) bond motifs is 1. The average molecular weight is 489 g/mol. The van der Waals surface area contributed by atoms with Gasteiger partial charge in [-0.25, -0.2) is 4.90 Å². The van der Waals surface area contributed by atoms with Crippen molar-refractivity contribution in [3.8, 4) is 0 Å². The van der Waals surface area contributed by atoms with Crippen LogP contribution in [0.5, 0.6) is 0 Å².